The Morgan fingerprint density at radius 3 is 2.50 bits per heavy atom. The molecule has 2 N–H and O–H groups in total. The lowest BCUT2D eigenvalue weighted by molar-refractivity contribution is 0.571. The van der Waals surface area contributed by atoms with Gasteiger partial charge in [0, 0.05) is 12.1 Å². The fraction of sp³-hybridized carbons (Fsp3) is 0.273. The number of aromatic nitrogens is 3. The molecule has 1 aromatic carbocycles. The Morgan fingerprint density at radius 1 is 1.28 bits per heavy atom. The fourth-order valence-electron chi connectivity index (χ4n) is 1.81. The van der Waals surface area contributed by atoms with Crippen molar-refractivity contribution in [3.05, 3.63) is 29.8 Å². The number of nitrogens with two attached hydrogens (primary N) is 1. The molecule has 1 aromatic heterocycles. The molecule has 7 heteroatoms. The first-order valence-corrected chi connectivity index (χ1v) is 7.01. The second-order valence-corrected chi connectivity index (χ2v) is 5.37. The highest BCUT2D eigenvalue weighted by Crippen LogP contribution is 2.23. The Bertz CT molecular complexity index is 676. The summed E-state index contributed by atoms with van der Waals surface area (Å²) in [6.07, 6.45) is 0. The van der Waals surface area contributed by atoms with Crippen LogP contribution in [-0.4, -0.2) is 23.2 Å². The average molecular weight is 266 g/mol. The topological polar surface area (TPSA) is 90.9 Å². The van der Waals surface area contributed by atoms with Crippen LogP contribution in [0.5, 0.6) is 0 Å². The Labute approximate surface area is 106 Å². The van der Waals surface area contributed by atoms with Gasteiger partial charge in [0.1, 0.15) is 0 Å². The van der Waals surface area contributed by atoms with Gasteiger partial charge >= 0.3 is 0 Å². The molecule has 0 saturated carbocycles. The second-order valence-electron chi connectivity index (χ2n) is 3.91. The number of nitrogens with zero attached hydrogens (tertiary/aromatic N) is 3. The molecule has 0 radical (unpaired) electrons. The number of primary sulfonamides is 1. The number of aryl methyl sites for hydroxylation is 1. The van der Waals surface area contributed by atoms with Gasteiger partial charge in [-0.2, -0.15) is 0 Å². The smallest absolute Gasteiger partial charge is 0.273 e. The second kappa shape index (κ2) is 4.51. The first kappa shape index (κ1) is 12.7. The van der Waals surface area contributed by atoms with E-state index in [0.29, 0.717) is 12.4 Å². The molecule has 96 valence electrons. The van der Waals surface area contributed by atoms with Gasteiger partial charge in [-0.1, -0.05) is 24.3 Å². The number of sulfonamides is 1. The summed E-state index contributed by atoms with van der Waals surface area (Å²) in [5.41, 5.74) is 1.85. The van der Waals surface area contributed by atoms with Crippen molar-refractivity contribution in [1.29, 1.82) is 0 Å². The van der Waals surface area contributed by atoms with Crippen molar-refractivity contribution in [3.63, 3.8) is 0 Å². The highest BCUT2D eigenvalue weighted by molar-refractivity contribution is 7.89. The maximum Gasteiger partial charge on any atom is 0.273 e. The number of hydrogen-bond acceptors (Lipinski definition) is 4. The third-order valence-corrected chi connectivity index (χ3v) is 3.48. The summed E-state index contributed by atoms with van der Waals surface area (Å²) in [6.45, 7) is 4.18. The molecule has 18 heavy (non-hydrogen) atoms. The van der Waals surface area contributed by atoms with Crippen LogP contribution in [0.1, 0.15) is 12.5 Å². The van der Waals surface area contributed by atoms with E-state index >= 15 is 0 Å². The van der Waals surface area contributed by atoms with E-state index in [1.165, 1.54) is 4.57 Å². The SMILES string of the molecule is CCn1c(-c2ccccc2C)nnc1S(N)(=O)=O. The molecule has 0 spiro atoms. The van der Waals surface area contributed by atoms with E-state index in [-0.39, 0.29) is 5.16 Å². The van der Waals surface area contributed by atoms with Crippen molar-refractivity contribution < 1.29 is 8.42 Å². The van der Waals surface area contributed by atoms with Gasteiger partial charge in [-0.3, -0.25) is 4.57 Å². The molecule has 0 atom stereocenters. The standard InChI is InChI=1S/C11H14N4O2S/c1-3-15-10(9-7-5-4-6-8(9)2)13-14-11(15)18(12,16)17/h4-7H,3H2,1-2H3,(H2,12,16,17). The zero-order valence-corrected chi connectivity index (χ0v) is 11.0. The van der Waals surface area contributed by atoms with Crippen molar-refractivity contribution in [3.8, 4) is 11.4 Å². The van der Waals surface area contributed by atoms with Gasteiger partial charge in [0.05, 0.1) is 0 Å². The minimum Gasteiger partial charge on any atom is -0.297 e. The normalized spacial score (nSPS) is 11.7. The number of hydrogen-bond donors (Lipinski definition) is 1. The average Bonchev–Trinajstić information content (AvgIpc) is 2.72. The Morgan fingerprint density at radius 2 is 1.94 bits per heavy atom. The summed E-state index contributed by atoms with van der Waals surface area (Å²) in [5, 5.41) is 12.5. The molecule has 0 fully saturated rings. The van der Waals surface area contributed by atoms with Crippen molar-refractivity contribution >= 4 is 10.0 Å². The predicted octanol–water partition coefficient (Wildman–Crippen LogP) is 0.921. The molecule has 2 aromatic rings. The summed E-state index contributed by atoms with van der Waals surface area (Å²) >= 11 is 0. The quantitative estimate of drug-likeness (QED) is 0.894. The van der Waals surface area contributed by atoms with Gasteiger partial charge in [-0.15, -0.1) is 10.2 Å². The summed E-state index contributed by atoms with van der Waals surface area (Å²) in [7, 11) is -3.86. The van der Waals surface area contributed by atoms with E-state index in [2.05, 4.69) is 10.2 Å². The lowest BCUT2D eigenvalue weighted by Gasteiger charge is -2.08. The lowest BCUT2D eigenvalue weighted by Crippen LogP contribution is -2.18. The summed E-state index contributed by atoms with van der Waals surface area (Å²) in [4.78, 5) is 0. The van der Waals surface area contributed by atoms with Gasteiger partial charge < -0.3 is 0 Å². The maximum atomic E-state index is 11.4. The van der Waals surface area contributed by atoms with Gasteiger partial charge in [0.25, 0.3) is 15.2 Å². The molecule has 0 bridgehead atoms. The van der Waals surface area contributed by atoms with Gasteiger partial charge in [-0.05, 0) is 19.4 Å². The summed E-state index contributed by atoms with van der Waals surface area (Å²) < 4.78 is 24.3. The van der Waals surface area contributed by atoms with Gasteiger partial charge in [-0.25, -0.2) is 13.6 Å². The number of rotatable bonds is 3. The van der Waals surface area contributed by atoms with E-state index in [1.54, 1.807) is 0 Å². The van der Waals surface area contributed by atoms with Crippen LogP contribution in [0.15, 0.2) is 29.4 Å². The zero-order chi connectivity index (χ0) is 13.3. The maximum absolute atomic E-state index is 11.4. The molecule has 6 nitrogen and oxygen atoms in total. The van der Waals surface area contributed by atoms with E-state index in [4.69, 9.17) is 5.14 Å². The van der Waals surface area contributed by atoms with Crippen molar-refractivity contribution in [2.24, 2.45) is 5.14 Å². The van der Waals surface area contributed by atoms with Crippen LogP contribution >= 0.6 is 0 Å². The van der Waals surface area contributed by atoms with Crippen molar-refractivity contribution in [1.82, 2.24) is 14.8 Å². The van der Waals surface area contributed by atoms with E-state index in [9.17, 15) is 8.42 Å². The molecule has 0 aliphatic rings. The monoisotopic (exact) mass is 266 g/mol. The van der Waals surface area contributed by atoms with E-state index < -0.39 is 10.0 Å². The Kier molecular flexibility index (Phi) is 3.18. The van der Waals surface area contributed by atoms with Crippen LogP contribution in [0.4, 0.5) is 0 Å². The number of benzene rings is 1. The van der Waals surface area contributed by atoms with Crippen molar-refractivity contribution in [2.75, 3.05) is 0 Å². The third kappa shape index (κ3) is 2.14. The van der Waals surface area contributed by atoms with Crippen LogP contribution in [0.2, 0.25) is 0 Å². The fourth-order valence-corrected chi connectivity index (χ4v) is 2.48. The lowest BCUT2D eigenvalue weighted by atomic mass is 10.1. The van der Waals surface area contributed by atoms with Crippen LogP contribution in [0.3, 0.4) is 0 Å². The predicted molar refractivity (Wildman–Crippen MR) is 67.2 cm³/mol. The van der Waals surface area contributed by atoms with Crippen LogP contribution in [0.25, 0.3) is 11.4 Å². The summed E-state index contributed by atoms with van der Waals surface area (Å²) in [5.74, 6) is 0.514. The Balaban J connectivity index is 2.68. The first-order chi connectivity index (χ1) is 8.45. The molecule has 0 unspecified atom stereocenters. The minimum absolute atomic E-state index is 0.205. The minimum atomic E-state index is -3.86. The molecular formula is C11H14N4O2S. The highest BCUT2D eigenvalue weighted by atomic mass is 32.2. The molecule has 0 aliphatic carbocycles. The summed E-state index contributed by atoms with van der Waals surface area (Å²) in [6, 6.07) is 7.58. The first-order valence-electron chi connectivity index (χ1n) is 5.47. The molecule has 0 amide bonds. The Hall–Kier alpha value is -1.73. The van der Waals surface area contributed by atoms with Crippen LogP contribution < -0.4 is 5.14 Å². The third-order valence-electron chi connectivity index (χ3n) is 2.67. The van der Waals surface area contributed by atoms with E-state index in [0.717, 1.165) is 11.1 Å². The van der Waals surface area contributed by atoms with Gasteiger partial charge in [0.2, 0.25) is 0 Å². The zero-order valence-electron chi connectivity index (χ0n) is 10.2. The van der Waals surface area contributed by atoms with Crippen LogP contribution in [0, 0.1) is 6.92 Å². The molecule has 0 saturated heterocycles. The van der Waals surface area contributed by atoms with E-state index in [1.807, 2.05) is 38.1 Å². The van der Waals surface area contributed by atoms with Crippen LogP contribution in [-0.2, 0) is 16.6 Å². The molecular weight excluding hydrogens is 252 g/mol. The van der Waals surface area contributed by atoms with Gasteiger partial charge in [0.15, 0.2) is 5.82 Å². The largest absolute Gasteiger partial charge is 0.297 e. The van der Waals surface area contributed by atoms with Crippen molar-refractivity contribution in [2.45, 2.75) is 25.5 Å². The highest BCUT2D eigenvalue weighted by Gasteiger charge is 2.21. The molecule has 0 aliphatic heterocycles. The molecule has 2 rings (SSSR count). The molecule has 1 heterocycles.